The average molecular weight is 349 g/mol. The zero-order valence-corrected chi connectivity index (χ0v) is 15.3. The van der Waals surface area contributed by atoms with Crippen molar-refractivity contribution < 1.29 is 19.1 Å². The minimum absolute atomic E-state index is 0.191. The molecule has 1 aromatic carbocycles. The molecule has 0 unspecified atom stereocenters. The summed E-state index contributed by atoms with van der Waals surface area (Å²) in [5, 5.41) is 5.69. The summed E-state index contributed by atoms with van der Waals surface area (Å²) in [7, 11) is 7.06. The summed E-state index contributed by atoms with van der Waals surface area (Å²) < 4.78 is 10.4. The van der Waals surface area contributed by atoms with Crippen molar-refractivity contribution >= 4 is 17.5 Å². The van der Waals surface area contributed by atoms with E-state index in [1.807, 2.05) is 14.1 Å². The summed E-state index contributed by atoms with van der Waals surface area (Å²) in [4.78, 5) is 27.0. The Bertz CT molecular complexity index is 627. The van der Waals surface area contributed by atoms with E-state index in [-0.39, 0.29) is 11.8 Å². The number of amides is 2. The zero-order valence-electron chi connectivity index (χ0n) is 15.3. The van der Waals surface area contributed by atoms with Gasteiger partial charge in [0.25, 0.3) is 0 Å². The maximum Gasteiger partial charge on any atom is 0.240 e. The third-order valence-electron chi connectivity index (χ3n) is 4.33. The Labute approximate surface area is 148 Å². The van der Waals surface area contributed by atoms with Crippen LogP contribution in [-0.2, 0) is 9.59 Å². The first-order valence-electron chi connectivity index (χ1n) is 8.39. The Morgan fingerprint density at radius 2 is 1.80 bits per heavy atom. The summed E-state index contributed by atoms with van der Waals surface area (Å²) in [6, 6.07) is 5.13. The van der Waals surface area contributed by atoms with E-state index in [0.717, 1.165) is 13.0 Å². The Balaban J connectivity index is 1.94. The molecular weight excluding hydrogens is 322 g/mol. The Hall–Kier alpha value is -2.28. The molecule has 1 aliphatic rings. The number of hydrogen-bond acceptors (Lipinski definition) is 5. The van der Waals surface area contributed by atoms with Gasteiger partial charge < -0.3 is 25.0 Å². The molecule has 7 heteroatoms. The van der Waals surface area contributed by atoms with Gasteiger partial charge in [-0.05, 0) is 52.0 Å². The minimum Gasteiger partial charge on any atom is -0.493 e. The van der Waals surface area contributed by atoms with Crippen molar-refractivity contribution in [3.63, 3.8) is 0 Å². The monoisotopic (exact) mass is 349 g/mol. The molecule has 0 radical (unpaired) electrons. The van der Waals surface area contributed by atoms with Gasteiger partial charge in [-0.15, -0.1) is 0 Å². The van der Waals surface area contributed by atoms with Gasteiger partial charge in [-0.25, -0.2) is 0 Å². The highest BCUT2D eigenvalue weighted by Crippen LogP contribution is 2.47. The predicted molar refractivity (Wildman–Crippen MR) is 96.0 cm³/mol. The molecule has 0 aliphatic heterocycles. The van der Waals surface area contributed by atoms with Crippen LogP contribution >= 0.6 is 0 Å². The largest absolute Gasteiger partial charge is 0.493 e. The molecule has 138 valence electrons. The fourth-order valence-electron chi connectivity index (χ4n) is 2.61. The molecule has 1 fully saturated rings. The predicted octanol–water partition coefficient (Wildman–Crippen LogP) is 1.49. The lowest BCUT2D eigenvalue weighted by molar-refractivity contribution is -0.134. The molecule has 1 aromatic rings. The summed E-state index contributed by atoms with van der Waals surface area (Å²) >= 11 is 0. The topological polar surface area (TPSA) is 79.9 Å². The number of ether oxygens (including phenoxy) is 2. The van der Waals surface area contributed by atoms with Gasteiger partial charge in [-0.3, -0.25) is 9.59 Å². The van der Waals surface area contributed by atoms with Gasteiger partial charge in [0.2, 0.25) is 11.8 Å². The molecule has 7 nitrogen and oxygen atoms in total. The van der Waals surface area contributed by atoms with Gasteiger partial charge in [0.05, 0.1) is 14.2 Å². The van der Waals surface area contributed by atoms with E-state index in [2.05, 4.69) is 15.5 Å². The number of rotatable bonds is 9. The average Bonchev–Trinajstić information content (AvgIpc) is 3.40. The number of nitrogens with one attached hydrogen (secondary N) is 2. The van der Waals surface area contributed by atoms with E-state index >= 15 is 0 Å². The minimum atomic E-state index is -0.939. The van der Waals surface area contributed by atoms with Crippen LogP contribution in [0, 0.1) is 5.41 Å². The SMILES string of the molecule is COc1ccc(NC(=O)C2(C(=O)NCCCN(C)C)CC2)cc1OC. The van der Waals surface area contributed by atoms with E-state index in [0.29, 0.717) is 36.6 Å². The fourth-order valence-corrected chi connectivity index (χ4v) is 2.61. The van der Waals surface area contributed by atoms with Gasteiger partial charge in [0.1, 0.15) is 5.41 Å². The molecule has 1 aliphatic carbocycles. The van der Waals surface area contributed by atoms with Crippen molar-refractivity contribution in [1.29, 1.82) is 0 Å². The molecule has 0 saturated heterocycles. The van der Waals surface area contributed by atoms with Crippen LogP contribution in [0.1, 0.15) is 19.3 Å². The van der Waals surface area contributed by atoms with E-state index in [1.165, 1.54) is 7.11 Å². The highest BCUT2D eigenvalue weighted by molar-refractivity contribution is 6.13. The fraction of sp³-hybridized carbons (Fsp3) is 0.556. The Morgan fingerprint density at radius 3 is 2.36 bits per heavy atom. The van der Waals surface area contributed by atoms with E-state index in [9.17, 15) is 9.59 Å². The Kier molecular flexibility index (Phi) is 6.25. The normalized spacial score (nSPS) is 14.8. The van der Waals surface area contributed by atoms with Crippen molar-refractivity contribution in [2.75, 3.05) is 46.7 Å². The molecule has 0 heterocycles. The zero-order chi connectivity index (χ0) is 18.4. The Morgan fingerprint density at radius 1 is 1.12 bits per heavy atom. The lowest BCUT2D eigenvalue weighted by Crippen LogP contribution is -2.40. The second kappa shape index (κ2) is 8.20. The van der Waals surface area contributed by atoms with Crippen LogP contribution in [0.4, 0.5) is 5.69 Å². The number of benzene rings is 1. The first-order valence-corrected chi connectivity index (χ1v) is 8.39. The van der Waals surface area contributed by atoms with Gasteiger partial charge in [-0.1, -0.05) is 0 Å². The number of nitrogens with zero attached hydrogens (tertiary/aromatic N) is 1. The van der Waals surface area contributed by atoms with Crippen molar-refractivity contribution in [2.24, 2.45) is 5.41 Å². The molecule has 25 heavy (non-hydrogen) atoms. The number of carbonyl (C=O) groups excluding carboxylic acids is 2. The molecule has 2 amide bonds. The van der Waals surface area contributed by atoms with E-state index in [1.54, 1.807) is 25.3 Å². The molecular formula is C18H27N3O4. The lowest BCUT2D eigenvalue weighted by atomic mass is 10.0. The second-order valence-electron chi connectivity index (χ2n) is 6.52. The first kappa shape index (κ1) is 19.1. The maximum atomic E-state index is 12.6. The van der Waals surface area contributed by atoms with Crippen LogP contribution in [0.3, 0.4) is 0 Å². The molecule has 0 bridgehead atoms. The van der Waals surface area contributed by atoms with Crippen LogP contribution in [0.25, 0.3) is 0 Å². The molecule has 1 saturated carbocycles. The van der Waals surface area contributed by atoms with Crippen molar-refractivity contribution in [3.8, 4) is 11.5 Å². The summed E-state index contributed by atoms with van der Waals surface area (Å²) in [6.45, 7) is 1.47. The standard InChI is InChI=1S/C18H27N3O4/c1-21(2)11-5-10-19-16(22)18(8-9-18)17(23)20-13-6-7-14(24-3)15(12-13)25-4/h6-7,12H,5,8-11H2,1-4H3,(H,19,22)(H,20,23). The molecule has 2 rings (SSSR count). The number of hydrogen-bond donors (Lipinski definition) is 2. The molecule has 2 N–H and O–H groups in total. The third kappa shape index (κ3) is 4.63. The molecule has 0 spiro atoms. The van der Waals surface area contributed by atoms with E-state index in [4.69, 9.17) is 9.47 Å². The number of anilines is 1. The highest BCUT2D eigenvalue weighted by Gasteiger charge is 2.56. The second-order valence-corrected chi connectivity index (χ2v) is 6.52. The molecule has 0 aromatic heterocycles. The van der Waals surface area contributed by atoms with Gasteiger partial charge in [0, 0.05) is 18.3 Å². The van der Waals surface area contributed by atoms with Crippen molar-refractivity contribution in [2.45, 2.75) is 19.3 Å². The summed E-state index contributed by atoms with van der Waals surface area (Å²) in [6.07, 6.45) is 2.00. The number of methoxy groups -OCH3 is 2. The third-order valence-corrected chi connectivity index (χ3v) is 4.33. The van der Waals surface area contributed by atoms with E-state index < -0.39 is 5.41 Å². The van der Waals surface area contributed by atoms with Crippen molar-refractivity contribution in [1.82, 2.24) is 10.2 Å². The molecule has 0 atom stereocenters. The van der Waals surface area contributed by atoms with Crippen LogP contribution in [0.2, 0.25) is 0 Å². The maximum absolute atomic E-state index is 12.6. The quantitative estimate of drug-likeness (QED) is 0.522. The van der Waals surface area contributed by atoms with Crippen LogP contribution in [0.15, 0.2) is 18.2 Å². The lowest BCUT2D eigenvalue weighted by Gasteiger charge is -2.17. The van der Waals surface area contributed by atoms with Crippen LogP contribution in [0.5, 0.6) is 11.5 Å². The van der Waals surface area contributed by atoms with Gasteiger partial charge in [0.15, 0.2) is 11.5 Å². The van der Waals surface area contributed by atoms with Crippen molar-refractivity contribution in [3.05, 3.63) is 18.2 Å². The summed E-state index contributed by atoms with van der Waals surface area (Å²) in [5.74, 6) is 0.646. The first-order chi connectivity index (χ1) is 11.9. The van der Waals surface area contributed by atoms with Gasteiger partial charge in [-0.2, -0.15) is 0 Å². The van der Waals surface area contributed by atoms with Gasteiger partial charge >= 0.3 is 0 Å². The highest BCUT2D eigenvalue weighted by atomic mass is 16.5. The van der Waals surface area contributed by atoms with Crippen LogP contribution in [-0.4, -0.2) is 58.1 Å². The smallest absolute Gasteiger partial charge is 0.240 e. The van der Waals surface area contributed by atoms with Crippen LogP contribution < -0.4 is 20.1 Å². The summed E-state index contributed by atoms with van der Waals surface area (Å²) in [5.41, 5.74) is -0.361. The number of carbonyl (C=O) groups is 2.